The molecule has 0 radical (unpaired) electrons. The largest absolute Gasteiger partial charge is 0.421 e. The van der Waals surface area contributed by atoms with Crippen molar-refractivity contribution < 1.29 is 9.52 Å². The zero-order valence-electron chi connectivity index (χ0n) is 10.4. The van der Waals surface area contributed by atoms with E-state index in [-0.39, 0.29) is 12.4 Å². The number of oxazole rings is 1. The summed E-state index contributed by atoms with van der Waals surface area (Å²) in [4.78, 5) is 17.9. The Kier molecular flexibility index (Phi) is 4.11. The molecule has 2 aromatic rings. The number of aliphatic hydroxyl groups excluding tert-OH is 1. The van der Waals surface area contributed by atoms with Crippen LogP contribution in [-0.4, -0.2) is 45.8 Å². The number of hydrogen-bond donors (Lipinski definition) is 1. The first-order chi connectivity index (χ1) is 8.76. The Bertz CT molecular complexity index is 561. The number of aromatic nitrogens is 2. The third-order valence-electron chi connectivity index (χ3n) is 2.93. The molecule has 0 aromatic carbocycles. The van der Waals surface area contributed by atoms with Crippen LogP contribution in [-0.2, 0) is 6.54 Å². The third kappa shape index (κ3) is 2.60. The summed E-state index contributed by atoms with van der Waals surface area (Å²) in [5.41, 5.74) is 1.08. The fourth-order valence-corrected chi connectivity index (χ4v) is 1.91. The number of fused-ring (bicyclic) bond motifs is 1. The fourth-order valence-electron chi connectivity index (χ4n) is 1.91. The molecular formula is C12H17N3O3. The molecule has 6 nitrogen and oxygen atoms in total. The van der Waals surface area contributed by atoms with Crippen molar-refractivity contribution in [1.29, 1.82) is 0 Å². The Labute approximate surface area is 104 Å². The normalized spacial score (nSPS) is 11.5. The van der Waals surface area contributed by atoms with Crippen LogP contribution in [0.3, 0.4) is 0 Å². The van der Waals surface area contributed by atoms with Gasteiger partial charge in [0.15, 0.2) is 11.2 Å². The van der Waals surface area contributed by atoms with Crippen LogP contribution in [0.5, 0.6) is 0 Å². The molecule has 0 amide bonds. The van der Waals surface area contributed by atoms with Crippen molar-refractivity contribution in [3.8, 4) is 0 Å². The smallest absolute Gasteiger partial charge is 0.406 e. The molecule has 0 aliphatic rings. The Morgan fingerprint density at radius 3 is 3.06 bits per heavy atom. The number of pyridine rings is 1. The van der Waals surface area contributed by atoms with Crippen molar-refractivity contribution in [2.24, 2.45) is 0 Å². The molecule has 0 fully saturated rings. The number of rotatable bonds is 6. The summed E-state index contributed by atoms with van der Waals surface area (Å²) in [5, 5.41) is 8.91. The topological polar surface area (TPSA) is 71.5 Å². The molecule has 2 rings (SSSR count). The quantitative estimate of drug-likeness (QED) is 0.799. The van der Waals surface area contributed by atoms with Crippen LogP contribution >= 0.6 is 0 Å². The van der Waals surface area contributed by atoms with Crippen LogP contribution in [0.1, 0.15) is 6.92 Å². The van der Waals surface area contributed by atoms with Gasteiger partial charge in [-0.15, -0.1) is 0 Å². The number of aliphatic hydroxyl groups is 1. The first-order valence-electron chi connectivity index (χ1n) is 6.03. The van der Waals surface area contributed by atoms with Gasteiger partial charge < -0.3 is 9.52 Å². The zero-order valence-corrected chi connectivity index (χ0v) is 10.4. The van der Waals surface area contributed by atoms with Gasteiger partial charge in [0.2, 0.25) is 0 Å². The second kappa shape index (κ2) is 5.79. The molecule has 6 heteroatoms. The monoisotopic (exact) mass is 251 g/mol. The molecular weight excluding hydrogens is 234 g/mol. The highest BCUT2D eigenvalue weighted by Gasteiger charge is 2.10. The van der Waals surface area contributed by atoms with Gasteiger partial charge in [-0.3, -0.25) is 9.47 Å². The molecule has 0 saturated carbocycles. The fraction of sp³-hybridized carbons (Fsp3) is 0.500. The van der Waals surface area contributed by atoms with Gasteiger partial charge in [0.25, 0.3) is 0 Å². The maximum absolute atomic E-state index is 11.7. The van der Waals surface area contributed by atoms with Gasteiger partial charge in [0.05, 0.1) is 6.61 Å². The van der Waals surface area contributed by atoms with E-state index in [1.165, 1.54) is 4.57 Å². The lowest BCUT2D eigenvalue weighted by atomic mass is 10.4. The van der Waals surface area contributed by atoms with Gasteiger partial charge in [-0.25, -0.2) is 9.78 Å². The Morgan fingerprint density at radius 1 is 1.50 bits per heavy atom. The summed E-state index contributed by atoms with van der Waals surface area (Å²) in [6, 6.07) is 3.46. The second-order valence-electron chi connectivity index (χ2n) is 4.00. The maximum Gasteiger partial charge on any atom is 0.421 e. The Balaban J connectivity index is 2.16. The van der Waals surface area contributed by atoms with E-state index in [0.717, 1.165) is 6.54 Å². The van der Waals surface area contributed by atoms with Gasteiger partial charge in [0.1, 0.15) is 0 Å². The van der Waals surface area contributed by atoms with Crippen molar-refractivity contribution in [2.45, 2.75) is 13.5 Å². The third-order valence-corrected chi connectivity index (χ3v) is 2.93. The minimum absolute atomic E-state index is 0.118. The summed E-state index contributed by atoms with van der Waals surface area (Å²) in [7, 11) is 0. The first-order valence-corrected chi connectivity index (χ1v) is 6.03. The van der Waals surface area contributed by atoms with Crippen molar-refractivity contribution in [2.75, 3.05) is 26.2 Å². The predicted molar refractivity (Wildman–Crippen MR) is 67.5 cm³/mol. The van der Waals surface area contributed by atoms with Crippen LogP contribution < -0.4 is 5.76 Å². The number of likely N-dealkylation sites (N-methyl/N-ethyl adjacent to an activating group) is 1. The van der Waals surface area contributed by atoms with E-state index < -0.39 is 0 Å². The van der Waals surface area contributed by atoms with Crippen molar-refractivity contribution >= 4 is 11.2 Å². The molecule has 0 aliphatic heterocycles. The molecule has 98 valence electrons. The van der Waals surface area contributed by atoms with Gasteiger partial charge in [-0.05, 0) is 18.7 Å². The van der Waals surface area contributed by atoms with E-state index in [1.807, 2.05) is 6.92 Å². The van der Waals surface area contributed by atoms with E-state index in [9.17, 15) is 4.79 Å². The standard InChI is InChI=1S/C12H17N3O3/c1-2-14(8-9-16)6-7-15-11-10(18-12(15)17)4-3-5-13-11/h3-5,16H,2,6-9H2,1H3. The van der Waals surface area contributed by atoms with E-state index in [1.54, 1.807) is 18.3 Å². The average molecular weight is 251 g/mol. The van der Waals surface area contributed by atoms with E-state index in [4.69, 9.17) is 9.52 Å². The highest BCUT2D eigenvalue weighted by molar-refractivity contribution is 5.67. The SMILES string of the molecule is CCN(CCO)CCn1c(=O)oc2cccnc21. The van der Waals surface area contributed by atoms with E-state index in [2.05, 4.69) is 9.88 Å². The van der Waals surface area contributed by atoms with Crippen molar-refractivity contribution in [3.63, 3.8) is 0 Å². The Morgan fingerprint density at radius 2 is 2.33 bits per heavy atom. The van der Waals surface area contributed by atoms with Crippen LogP contribution in [0.4, 0.5) is 0 Å². The van der Waals surface area contributed by atoms with Crippen molar-refractivity contribution in [1.82, 2.24) is 14.5 Å². The van der Waals surface area contributed by atoms with Gasteiger partial charge >= 0.3 is 5.76 Å². The summed E-state index contributed by atoms with van der Waals surface area (Å²) in [6.07, 6.45) is 1.64. The number of hydrogen-bond acceptors (Lipinski definition) is 5. The molecule has 0 bridgehead atoms. The summed E-state index contributed by atoms with van der Waals surface area (Å²) in [5.74, 6) is -0.385. The second-order valence-corrected chi connectivity index (χ2v) is 4.00. The Hall–Kier alpha value is -1.66. The van der Waals surface area contributed by atoms with Crippen LogP contribution in [0.15, 0.2) is 27.5 Å². The summed E-state index contributed by atoms with van der Waals surface area (Å²) >= 11 is 0. The predicted octanol–water partition coefficient (Wildman–Crippen LogP) is 0.304. The summed E-state index contributed by atoms with van der Waals surface area (Å²) in [6.45, 7) is 4.77. The molecule has 1 N–H and O–H groups in total. The lowest BCUT2D eigenvalue weighted by Gasteiger charge is -2.18. The lowest BCUT2D eigenvalue weighted by molar-refractivity contribution is 0.197. The zero-order chi connectivity index (χ0) is 13.0. The average Bonchev–Trinajstić information content (AvgIpc) is 2.70. The first kappa shape index (κ1) is 12.8. The maximum atomic E-state index is 11.7. The molecule has 0 atom stereocenters. The highest BCUT2D eigenvalue weighted by atomic mass is 16.4. The minimum atomic E-state index is -0.385. The highest BCUT2D eigenvalue weighted by Crippen LogP contribution is 2.08. The van der Waals surface area contributed by atoms with Gasteiger partial charge in [-0.1, -0.05) is 6.92 Å². The van der Waals surface area contributed by atoms with Gasteiger partial charge in [-0.2, -0.15) is 0 Å². The molecule has 0 unspecified atom stereocenters. The van der Waals surface area contributed by atoms with E-state index >= 15 is 0 Å². The molecule has 18 heavy (non-hydrogen) atoms. The summed E-state index contributed by atoms with van der Waals surface area (Å²) < 4.78 is 6.63. The molecule has 0 saturated heterocycles. The van der Waals surface area contributed by atoms with Crippen LogP contribution in [0.25, 0.3) is 11.2 Å². The number of nitrogens with zero attached hydrogens (tertiary/aromatic N) is 3. The van der Waals surface area contributed by atoms with Gasteiger partial charge in [0, 0.05) is 25.8 Å². The molecule has 2 aromatic heterocycles. The molecule has 2 heterocycles. The van der Waals surface area contributed by atoms with Crippen molar-refractivity contribution in [3.05, 3.63) is 28.9 Å². The van der Waals surface area contributed by atoms with E-state index in [0.29, 0.717) is 30.9 Å². The minimum Gasteiger partial charge on any atom is -0.406 e. The van der Waals surface area contributed by atoms with Crippen LogP contribution in [0.2, 0.25) is 0 Å². The molecule has 0 spiro atoms. The van der Waals surface area contributed by atoms with Crippen LogP contribution in [0, 0.1) is 0 Å². The lowest BCUT2D eigenvalue weighted by Crippen LogP contribution is -2.32. The molecule has 0 aliphatic carbocycles.